The molecule has 0 fully saturated rings. The van der Waals surface area contributed by atoms with E-state index in [2.05, 4.69) is 4.98 Å². The maximum Gasteiger partial charge on any atom is 0.317 e. The topological polar surface area (TPSA) is 66.6 Å². The van der Waals surface area contributed by atoms with E-state index in [1.54, 1.807) is 23.2 Å². The third kappa shape index (κ3) is 3.64. The molecule has 0 unspecified atom stereocenters. The molecule has 106 valence electrons. The predicted molar refractivity (Wildman–Crippen MR) is 70.5 cm³/mol. The number of likely N-dealkylation sites (N-methyl/N-ethyl adjacent to an activating group) is 1. The van der Waals surface area contributed by atoms with Gasteiger partial charge in [-0.15, -0.1) is 0 Å². The minimum absolute atomic E-state index is 0.0647. The number of rotatable bonds is 6. The molecule has 0 aliphatic rings. The van der Waals surface area contributed by atoms with Crippen molar-refractivity contribution in [3.8, 4) is 11.3 Å². The number of aliphatic carboxylic acids is 1. The Morgan fingerprint density at radius 3 is 2.70 bits per heavy atom. The van der Waals surface area contributed by atoms with Gasteiger partial charge in [-0.25, -0.2) is 9.37 Å². The Balaban J connectivity index is 2.08. The first-order valence-corrected chi connectivity index (χ1v) is 6.23. The third-order valence-corrected chi connectivity index (χ3v) is 2.85. The van der Waals surface area contributed by atoms with Crippen molar-refractivity contribution in [2.45, 2.75) is 13.5 Å². The molecule has 1 N–H and O–H groups in total. The van der Waals surface area contributed by atoms with E-state index in [9.17, 15) is 9.18 Å². The van der Waals surface area contributed by atoms with E-state index in [0.717, 1.165) is 5.56 Å². The molecular weight excluding hydrogens is 263 g/mol. The second kappa shape index (κ2) is 6.29. The molecule has 0 radical (unpaired) electrons. The Labute approximate surface area is 115 Å². The van der Waals surface area contributed by atoms with Crippen LogP contribution in [0.15, 0.2) is 34.9 Å². The third-order valence-electron chi connectivity index (χ3n) is 2.85. The average molecular weight is 278 g/mol. The number of oxazole rings is 1. The normalized spacial score (nSPS) is 10.9. The summed E-state index contributed by atoms with van der Waals surface area (Å²) in [4.78, 5) is 16.5. The zero-order chi connectivity index (χ0) is 14.5. The van der Waals surface area contributed by atoms with E-state index in [-0.39, 0.29) is 12.4 Å². The van der Waals surface area contributed by atoms with Crippen LogP contribution in [0, 0.1) is 5.82 Å². The average Bonchev–Trinajstić information content (AvgIpc) is 2.87. The Kier molecular flexibility index (Phi) is 4.47. The smallest absolute Gasteiger partial charge is 0.317 e. The highest BCUT2D eigenvalue weighted by atomic mass is 19.1. The molecule has 0 aliphatic carbocycles. The van der Waals surface area contributed by atoms with Crippen LogP contribution in [0.25, 0.3) is 11.3 Å². The van der Waals surface area contributed by atoms with Gasteiger partial charge in [-0.1, -0.05) is 6.92 Å². The fourth-order valence-corrected chi connectivity index (χ4v) is 1.79. The first kappa shape index (κ1) is 14.2. The number of carboxylic acids is 1. The Bertz CT molecular complexity index is 580. The molecule has 0 atom stereocenters. The summed E-state index contributed by atoms with van der Waals surface area (Å²) in [7, 11) is 0. The number of benzene rings is 1. The minimum Gasteiger partial charge on any atom is -0.480 e. The second-order valence-electron chi connectivity index (χ2n) is 4.32. The molecule has 0 spiro atoms. The Hall–Kier alpha value is -2.21. The summed E-state index contributed by atoms with van der Waals surface area (Å²) in [6.45, 7) is 2.71. The van der Waals surface area contributed by atoms with Crippen LogP contribution in [0.5, 0.6) is 0 Å². The second-order valence-corrected chi connectivity index (χ2v) is 4.32. The molecule has 1 aromatic heterocycles. The summed E-state index contributed by atoms with van der Waals surface area (Å²) in [6.07, 6.45) is 1.55. The quantitative estimate of drug-likeness (QED) is 0.878. The molecule has 1 aromatic carbocycles. The molecule has 2 rings (SSSR count). The minimum atomic E-state index is -0.892. The summed E-state index contributed by atoms with van der Waals surface area (Å²) in [5.41, 5.74) is 0.728. The van der Waals surface area contributed by atoms with Crippen molar-refractivity contribution < 1.29 is 18.7 Å². The van der Waals surface area contributed by atoms with Crippen molar-refractivity contribution in [1.82, 2.24) is 9.88 Å². The number of carbonyl (C=O) groups is 1. The standard InChI is InChI=1S/C14H15FN2O3/c1-2-17(9-14(18)19)8-13-16-7-12(20-13)10-3-5-11(15)6-4-10/h3-7H,2,8-9H2,1H3,(H,18,19). The number of hydrogen-bond acceptors (Lipinski definition) is 4. The lowest BCUT2D eigenvalue weighted by molar-refractivity contribution is -0.138. The van der Waals surface area contributed by atoms with E-state index >= 15 is 0 Å². The van der Waals surface area contributed by atoms with Crippen LogP contribution in [0.4, 0.5) is 4.39 Å². The maximum absolute atomic E-state index is 12.8. The van der Waals surface area contributed by atoms with Gasteiger partial charge in [0, 0.05) is 5.56 Å². The molecule has 0 aliphatic heterocycles. The van der Waals surface area contributed by atoms with Gasteiger partial charge >= 0.3 is 5.97 Å². The lowest BCUT2D eigenvalue weighted by Crippen LogP contribution is -2.29. The van der Waals surface area contributed by atoms with Crippen molar-refractivity contribution >= 4 is 5.97 Å². The van der Waals surface area contributed by atoms with Gasteiger partial charge in [-0.05, 0) is 30.8 Å². The molecule has 1 heterocycles. The largest absolute Gasteiger partial charge is 0.480 e. The van der Waals surface area contributed by atoms with Crippen molar-refractivity contribution in [3.63, 3.8) is 0 Å². The fraction of sp³-hybridized carbons (Fsp3) is 0.286. The van der Waals surface area contributed by atoms with Crippen LogP contribution in [-0.2, 0) is 11.3 Å². The van der Waals surface area contributed by atoms with E-state index in [1.165, 1.54) is 12.1 Å². The van der Waals surface area contributed by atoms with Gasteiger partial charge in [0.1, 0.15) is 5.82 Å². The Morgan fingerprint density at radius 1 is 1.40 bits per heavy atom. The van der Waals surface area contributed by atoms with Crippen molar-refractivity contribution in [1.29, 1.82) is 0 Å². The number of carboxylic acid groups (broad SMARTS) is 1. The zero-order valence-electron chi connectivity index (χ0n) is 11.0. The van der Waals surface area contributed by atoms with Gasteiger partial charge in [0.05, 0.1) is 19.3 Å². The monoisotopic (exact) mass is 278 g/mol. The summed E-state index contributed by atoms with van der Waals surface area (Å²) in [5, 5.41) is 8.77. The van der Waals surface area contributed by atoms with Crippen LogP contribution >= 0.6 is 0 Å². The molecule has 5 nitrogen and oxygen atoms in total. The molecule has 0 saturated heterocycles. The van der Waals surface area contributed by atoms with E-state index in [4.69, 9.17) is 9.52 Å². The molecule has 2 aromatic rings. The molecular formula is C14H15FN2O3. The highest BCUT2D eigenvalue weighted by Crippen LogP contribution is 2.21. The van der Waals surface area contributed by atoms with Gasteiger partial charge in [0.25, 0.3) is 0 Å². The van der Waals surface area contributed by atoms with Gasteiger partial charge < -0.3 is 9.52 Å². The molecule has 6 heteroatoms. The number of aromatic nitrogens is 1. The maximum atomic E-state index is 12.8. The van der Waals surface area contributed by atoms with Gasteiger partial charge in [0.15, 0.2) is 5.76 Å². The van der Waals surface area contributed by atoms with Gasteiger partial charge in [-0.2, -0.15) is 0 Å². The summed E-state index contributed by atoms with van der Waals surface area (Å²) >= 11 is 0. The molecule has 20 heavy (non-hydrogen) atoms. The summed E-state index contributed by atoms with van der Waals surface area (Å²) in [5.74, 6) is -0.233. The highest BCUT2D eigenvalue weighted by Gasteiger charge is 2.12. The number of nitrogens with zero attached hydrogens (tertiary/aromatic N) is 2. The lowest BCUT2D eigenvalue weighted by atomic mass is 10.2. The highest BCUT2D eigenvalue weighted by molar-refractivity contribution is 5.69. The lowest BCUT2D eigenvalue weighted by Gasteiger charge is -2.15. The summed E-state index contributed by atoms with van der Waals surface area (Å²) < 4.78 is 18.4. The first-order chi connectivity index (χ1) is 9.58. The number of hydrogen-bond donors (Lipinski definition) is 1. The van der Waals surface area contributed by atoms with Crippen LogP contribution in [0.1, 0.15) is 12.8 Å². The zero-order valence-corrected chi connectivity index (χ0v) is 11.0. The van der Waals surface area contributed by atoms with Crippen LogP contribution in [0.2, 0.25) is 0 Å². The van der Waals surface area contributed by atoms with Crippen LogP contribution < -0.4 is 0 Å². The van der Waals surface area contributed by atoms with Crippen LogP contribution in [0.3, 0.4) is 0 Å². The van der Waals surface area contributed by atoms with Crippen LogP contribution in [-0.4, -0.2) is 34.0 Å². The summed E-state index contributed by atoms with van der Waals surface area (Å²) in [6, 6.07) is 5.91. The molecule has 0 bridgehead atoms. The van der Waals surface area contributed by atoms with Gasteiger partial charge in [-0.3, -0.25) is 9.69 Å². The van der Waals surface area contributed by atoms with E-state index < -0.39 is 5.97 Å². The number of halogens is 1. The first-order valence-electron chi connectivity index (χ1n) is 6.23. The van der Waals surface area contributed by atoms with Gasteiger partial charge in [0.2, 0.25) is 5.89 Å². The predicted octanol–water partition coefficient (Wildman–Crippen LogP) is 2.39. The molecule has 0 amide bonds. The van der Waals surface area contributed by atoms with Crippen molar-refractivity contribution in [2.75, 3.05) is 13.1 Å². The van der Waals surface area contributed by atoms with Crippen molar-refractivity contribution in [3.05, 3.63) is 42.2 Å². The SMILES string of the molecule is CCN(CC(=O)O)Cc1ncc(-c2ccc(F)cc2)o1. The van der Waals surface area contributed by atoms with E-state index in [1.807, 2.05) is 6.92 Å². The van der Waals surface area contributed by atoms with E-state index in [0.29, 0.717) is 24.7 Å². The Morgan fingerprint density at radius 2 is 2.10 bits per heavy atom. The fourth-order valence-electron chi connectivity index (χ4n) is 1.79. The van der Waals surface area contributed by atoms with Crippen molar-refractivity contribution in [2.24, 2.45) is 0 Å². The molecule has 0 saturated carbocycles.